The van der Waals surface area contributed by atoms with Crippen LogP contribution < -0.4 is 24.0 Å². The van der Waals surface area contributed by atoms with Gasteiger partial charge in [-0.1, -0.05) is 30.3 Å². The van der Waals surface area contributed by atoms with Crippen molar-refractivity contribution in [2.45, 2.75) is 0 Å². The first kappa shape index (κ1) is 11.7. The Labute approximate surface area is 73.7 Å². The van der Waals surface area contributed by atoms with Crippen molar-refractivity contribution in [1.82, 2.24) is 0 Å². The van der Waals surface area contributed by atoms with Gasteiger partial charge in [-0.2, -0.15) is 13.5 Å². The molecule has 0 amide bonds. The fourth-order valence-electron chi connectivity index (χ4n) is 0.420. The Bertz CT molecular complexity index is 143. The smallest absolute Gasteiger partial charge is 0.872 e. The average Bonchev–Trinajstić information content (AvgIpc) is 1.69. The molecule has 0 N–H and O–H groups in total. The second-order valence-electron chi connectivity index (χ2n) is 1.31. The van der Waals surface area contributed by atoms with Crippen molar-refractivity contribution in [3.8, 4) is 5.75 Å². The van der Waals surface area contributed by atoms with E-state index in [2.05, 4.69) is 0 Å². The first-order valence-electron chi connectivity index (χ1n) is 2.11. The summed E-state index contributed by atoms with van der Waals surface area (Å²) < 4.78 is 0. The molecule has 9 heavy (non-hydrogen) atoms. The van der Waals surface area contributed by atoms with E-state index in [4.69, 9.17) is 0 Å². The van der Waals surface area contributed by atoms with Crippen LogP contribution in [0.4, 0.5) is 0 Å². The van der Waals surface area contributed by atoms with Crippen molar-refractivity contribution >= 4 is 13.5 Å². The van der Waals surface area contributed by atoms with E-state index in [-0.39, 0.29) is 38.1 Å². The van der Waals surface area contributed by atoms with Gasteiger partial charge in [0.15, 0.2) is 0 Å². The molecule has 0 spiro atoms. The van der Waals surface area contributed by atoms with E-state index >= 15 is 0 Å². The Morgan fingerprint density at radius 2 is 1.44 bits per heavy atom. The molecule has 0 saturated carbocycles. The fourth-order valence-corrected chi connectivity index (χ4v) is 0.420. The van der Waals surface area contributed by atoms with Crippen LogP contribution in [0.3, 0.4) is 0 Å². The Morgan fingerprint density at radius 3 is 1.67 bits per heavy atom. The van der Waals surface area contributed by atoms with Gasteiger partial charge in [0.1, 0.15) is 0 Å². The van der Waals surface area contributed by atoms with E-state index in [9.17, 15) is 5.11 Å². The normalized spacial score (nSPS) is 6.67. The first-order valence-corrected chi connectivity index (χ1v) is 2.11. The molecule has 0 heterocycles. The molecule has 1 rings (SSSR count). The maximum Gasteiger partial charge on any atom is 1.00 e. The second-order valence-corrected chi connectivity index (χ2v) is 1.31. The number of rotatable bonds is 0. The summed E-state index contributed by atoms with van der Waals surface area (Å²) in [6.07, 6.45) is 0. The van der Waals surface area contributed by atoms with Gasteiger partial charge in [0.2, 0.25) is 0 Å². The van der Waals surface area contributed by atoms with E-state index in [0.29, 0.717) is 0 Å². The molecule has 0 saturated heterocycles. The van der Waals surface area contributed by atoms with Crippen LogP contribution in [0.1, 0.15) is 0 Å². The summed E-state index contributed by atoms with van der Waals surface area (Å²) in [5, 5.41) is 10.3. The Balaban J connectivity index is 0. The van der Waals surface area contributed by atoms with Gasteiger partial charge in [-0.25, -0.2) is 0 Å². The number of hydrogen-bond donors (Lipinski definition) is 0. The SMILES string of the molecule is S.[Li+].[O-]c1ccccc1. The van der Waals surface area contributed by atoms with Gasteiger partial charge in [0.05, 0.1) is 0 Å². The minimum atomic E-state index is 0. The van der Waals surface area contributed by atoms with E-state index in [1.807, 2.05) is 6.07 Å². The van der Waals surface area contributed by atoms with Gasteiger partial charge in [0, 0.05) is 0 Å². The van der Waals surface area contributed by atoms with Gasteiger partial charge in [-0.3, -0.25) is 0 Å². The Morgan fingerprint density at radius 1 is 1.00 bits per heavy atom. The van der Waals surface area contributed by atoms with Gasteiger partial charge in [0.25, 0.3) is 0 Å². The minimum Gasteiger partial charge on any atom is -0.872 e. The van der Waals surface area contributed by atoms with Crippen LogP contribution in [0.15, 0.2) is 30.3 Å². The summed E-state index contributed by atoms with van der Waals surface area (Å²) in [6, 6.07) is 8.33. The van der Waals surface area contributed by atoms with Gasteiger partial charge >= 0.3 is 18.9 Å². The van der Waals surface area contributed by atoms with Crippen molar-refractivity contribution in [2.24, 2.45) is 0 Å². The number of para-hydroxylation sites is 1. The van der Waals surface area contributed by atoms with Crippen molar-refractivity contribution < 1.29 is 24.0 Å². The molecule has 0 aliphatic rings. The predicted octanol–water partition coefficient (Wildman–Crippen LogP) is -2.12. The summed E-state index contributed by atoms with van der Waals surface area (Å²) in [6.45, 7) is 0. The monoisotopic (exact) mass is 134 g/mol. The summed E-state index contributed by atoms with van der Waals surface area (Å²) in [5.74, 6) is 0.0718. The molecule has 1 aromatic rings. The Hall–Kier alpha value is -0.0326. The largest absolute Gasteiger partial charge is 1.00 e. The second kappa shape index (κ2) is 6.09. The van der Waals surface area contributed by atoms with Crippen LogP contribution in [-0.2, 0) is 0 Å². The van der Waals surface area contributed by atoms with Crippen LogP contribution in [0.2, 0.25) is 0 Å². The molecular weight excluding hydrogens is 127 g/mol. The summed E-state index contributed by atoms with van der Waals surface area (Å²) in [7, 11) is 0. The average molecular weight is 134 g/mol. The zero-order chi connectivity index (χ0) is 5.11. The molecule has 44 valence electrons. The molecule has 0 aliphatic carbocycles. The van der Waals surface area contributed by atoms with E-state index < -0.39 is 0 Å². The van der Waals surface area contributed by atoms with E-state index in [1.54, 1.807) is 12.1 Å². The topological polar surface area (TPSA) is 23.1 Å². The maximum atomic E-state index is 10.3. The first-order chi connectivity index (χ1) is 3.39. The molecule has 0 aromatic heterocycles. The zero-order valence-corrected chi connectivity index (χ0v) is 6.29. The third kappa shape index (κ3) is 4.47. The molecule has 1 nitrogen and oxygen atoms in total. The molecule has 0 aliphatic heterocycles. The molecule has 0 fully saturated rings. The summed E-state index contributed by atoms with van der Waals surface area (Å²) in [4.78, 5) is 0. The standard InChI is InChI=1S/C6H6O.Li.H2S/c7-6-4-2-1-3-5-6;;/h1-5,7H;;1H2/q;+1;/p-1. The Kier molecular flexibility index (Phi) is 7.94. The zero-order valence-electron chi connectivity index (χ0n) is 5.29. The minimum absolute atomic E-state index is 0. The van der Waals surface area contributed by atoms with Gasteiger partial charge in [-0.15, -0.1) is 5.75 Å². The maximum absolute atomic E-state index is 10.3. The van der Waals surface area contributed by atoms with E-state index in [1.165, 1.54) is 12.1 Å². The van der Waals surface area contributed by atoms with Crippen LogP contribution in [0, 0.1) is 0 Å². The third-order valence-electron chi connectivity index (χ3n) is 0.743. The third-order valence-corrected chi connectivity index (χ3v) is 0.743. The predicted molar refractivity (Wildman–Crippen MR) is 36.3 cm³/mol. The fraction of sp³-hybridized carbons (Fsp3) is 0. The van der Waals surface area contributed by atoms with Crippen LogP contribution in [0.25, 0.3) is 0 Å². The number of hydrogen-bond acceptors (Lipinski definition) is 1. The van der Waals surface area contributed by atoms with E-state index in [0.717, 1.165) is 0 Å². The van der Waals surface area contributed by atoms with Crippen LogP contribution >= 0.6 is 13.5 Å². The van der Waals surface area contributed by atoms with Gasteiger partial charge < -0.3 is 5.11 Å². The van der Waals surface area contributed by atoms with Crippen LogP contribution in [0.5, 0.6) is 5.75 Å². The van der Waals surface area contributed by atoms with Crippen molar-refractivity contribution in [1.29, 1.82) is 0 Å². The van der Waals surface area contributed by atoms with Crippen molar-refractivity contribution in [3.05, 3.63) is 30.3 Å². The van der Waals surface area contributed by atoms with Crippen molar-refractivity contribution in [2.75, 3.05) is 0 Å². The molecule has 1 aromatic carbocycles. The molecular formula is C6H7LiOS. The van der Waals surface area contributed by atoms with Crippen LogP contribution in [-0.4, -0.2) is 0 Å². The van der Waals surface area contributed by atoms with Crippen molar-refractivity contribution in [3.63, 3.8) is 0 Å². The molecule has 0 atom stereocenters. The number of benzene rings is 1. The molecule has 3 heteroatoms. The molecule has 0 radical (unpaired) electrons. The molecule has 0 bridgehead atoms. The van der Waals surface area contributed by atoms with Gasteiger partial charge in [-0.05, 0) is 0 Å². The summed E-state index contributed by atoms with van der Waals surface area (Å²) >= 11 is 0. The quantitative estimate of drug-likeness (QED) is 0.372. The summed E-state index contributed by atoms with van der Waals surface area (Å²) in [5.41, 5.74) is 0. The molecule has 0 unspecified atom stereocenters.